The van der Waals surface area contributed by atoms with Crippen molar-refractivity contribution in [1.29, 1.82) is 0 Å². The summed E-state index contributed by atoms with van der Waals surface area (Å²) >= 11 is 0. The van der Waals surface area contributed by atoms with Crippen LogP contribution in [0.5, 0.6) is 0 Å². The van der Waals surface area contributed by atoms with Gasteiger partial charge in [-0.05, 0) is 13.8 Å². The molecule has 0 aliphatic heterocycles. The summed E-state index contributed by atoms with van der Waals surface area (Å²) in [5.41, 5.74) is 2.99. The van der Waals surface area contributed by atoms with Crippen LogP contribution in [0.3, 0.4) is 0 Å². The molecule has 0 aromatic carbocycles. The van der Waals surface area contributed by atoms with Crippen LogP contribution in [0.15, 0.2) is 37.2 Å². The first-order chi connectivity index (χ1) is 9.70. The van der Waals surface area contributed by atoms with Crippen molar-refractivity contribution < 1.29 is 0 Å². The Labute approximate surface area is 117 Å². The number of fused-ring (bicyclic) bond motifs is 1. The fourth-order valence-corrected chi connectivity index (χ4v) is 2.19. The Morgan fingerprint density at radius 1 is 1.40 bits per heavy atom. The molecule has 0 saturated carbocycles. The first-order valence-electron chi connectivity index (χ1n) is 6.71. The zero-order chi connectivity index (χ0) is 13.9. The van der Waals surface area contributed by atoms with Crippen molar-refractivity contribution in [2.24, 2.45) is 0 Å². The zero-order valence-electron chi connectivity index (χ0n) is 11.7. The lowest BCUT2D eigenvalue weighted by Gasteiger charge is -2.14. The molecule has 0 radical (unpaired) electrons. The topological polar surface area (TPSA) is 60.0 Å². The summed E-state index contributed by atoms with van der Waals surface area (Å²) in [5.74, 6) is 0. The van der Waals surface area contributed by atoms with Gasteiger partial charge in [-0.25, -0.2) is 14.5 Å². The van der Waals surface area contributed by atoms with E-state index in [9.17, 15) is 0 Å². The van der Waals surface area contributed by atoms with E-state index >= 15 is 0 Å². The van der Waals surface area contributed by atoms with Gasteiger partial charge in [-0.1, -0.05) is 0 Å². The van der Waals surface area contributed by atoms with Crippen LogP contribution in [0.2, 0.25) is 0 Å². The van der Waals surface area contributed by atoms with Crippen LogP contribution in [0, 0.1) is 6.92 Å². The Morgan fingerprint density at radius 2 is 2.30 bits per heavy atom. The van der Waals surface area contributed by atoms with Gasteiger partial charge in [-0.3, -0.25) is 0 Å². The minimum absolute atomic E-state index is 0.360. The van der Waals surface area contributed by atoms with Crippen LogP contribution >= 0.6 is 0 Å². The van der Waals surface area contributed by atoms with Gasteiger partial charge in [-0.2, -0.15) is 5.10 Å². The predicted molar refractivity (Wildman–Crippen MR) is 76.3 cm³/mol. The molecular formula is C14H18N6. The number of rotatable bonds is 5. The molecule has 0 fully saturated rings. The molecule has 6 nitrogen and oxygen atoms in total. The van der Waals surface area contributed by atoms with E-state index in [1.54, 1.807) is 6.20 Å². The monoisotopic (exact) mass is 270 g/mol. The van der Waals surface area contributed by atoms with E-state index in [-0.39, 0.29) is 0 Å². The van der Waals surface area contributed by atoms with Crippen molar-refractivity contribution in [3.8, 4) is 0 Å². The van der Waals surface area contributed by atoms with Gasteiger partial charge in [0.2, 0.25) is 0 Å². The predicted octanol–water partition coefficient (Wildman–Crippen LogP) is 1.41. The number of hydrogen-bond donors (Lipinski definition) is 1. The first kappa shape index (κ1) is 12.8. The summed E-state index contributed by atoms with van der Waals surface area (Å²) < 4.78 is 3.89. The minimum Gasteiger partial charge on any atom is -0.336 e. The van der Waals surface area contributed by atoms with Gasteiger partial charge in [0.1, 0.15) is 0 Å². The number of nitrogens with one attached hydrogen (secondary N) is 1. The molecule has 1 atom stereocenters. The Hall–Kier alpha value is -2.21. The SMILES string of the molecule is Cc1cc2ncc(CNC(C)Cn3ccnc3)cn2n1. The highest BCUT2D eigenvalue weighted by Gasteiger charge is 2.04. The van der Waals surface area contributed by atoms with Crippen LogP contribution < -0.4 is 5.32 Å². The van der Waals surface area contributed by atoms with E-state index in [0.29, 0.717) is 6.04 Å². The number of aromatic nitrogens is 5. The van der Waals surface area contributed by atoms with E-state index < -0.39 is 0 Å². The Balaban J connectivity index is 1.61. The average molecular weight is 270 g/mol. The quantitative estimate of drug-likeness (QED) is 0.761. The molecule has 20 heavy (non-hydrogen) atoms. The van der Waals surface area contributed by atoms with Crippen LogP contribution in [0.1, 0.15) is 18.2 Å². The molecule has 0 aliphatic rings. The van der Waals surface area contributed by atoms with Crippen LogP contribution in [0.4, 0.5) is 0 Å². The standard InChI is InChI=1S/C14H18N6/c1-11-5-14-17-7-13(9-20(14)18-11)6-16-12(2)8-19-4-3-15-10-19/h3-5,7,9-10,12,16H,6,8H2,1-2H3. The maximum absolute atomic E-state index is 4.40. The van der Waals surface area contributed by atoms with Crippen molar-refractivity contribution in [2.45, 2.75) is 33.0 Å². The molecule has 6 heteroatoms. The summed E-state index contributed by atoms with van der Waals surface area (Å²) in [7, 11) is 0. The van der Waals surface area contributed by atoms with Crippen molar-refractivity contribution in [3.63, 3.8) is 0 Å². The zero-order valence-corrected chi connectivity index (χ0v) is 11.7. The molecule has 3 aromatic heterocycles. The van der Waals surface area contributed by atoms with Crippen LogP contribution in [0.25, 0.3) is 5.65 Å². The van der Waals surface area contributed by atoms with E-state index in [1.807, 2.05) is 42.4 Å². The highest BCUT2D eigenvalue weighted by molar-refractivity contribution is 5.38. The minimum atomic E-state index is 0.360. The van der Waals surface area contributed by atoms with Crippen molar-refractivity contribution in [1.82, 2.24) is 29.5 Å². The fourth-order valence-electron chi connectivity index (χ4n) is 2.19. The molecular weight excluding hydrogens is 252 g/mol. The molecule has 3 aromatic rings. The van der Waals surface area contributed by atoms with Gasteiger partial charge < -0.3 is 9.88 Å². The largest absolute Gasteiger partial charge is 0.336 e. The third kappa shape index (κ3) is 2.85. The van der Waals surface area contributed by atoms with Crippen LogP contribution in [-0.4, -0.2) is 30.2 Å². The number of imidazole rings is 1. The molecule has 3 heterocycles. The lowest BCUT2D eigenvalue weighted by molar-refractivity contribution is 0.475. The molecule has 3 rings (SSSR count). The average Bonchev–Trinajstić information content (AvgIpc) is 3.04. The van der Waals surface area contributed by atoms with E-state index in [2.05, 4.69) is 31.9 Å². The lowest BCUT2D eigenvalue weighted by Crippen LogP contribution is -2.29. The molecule has 0 amide bonds. The second-order valence-corrected chi connectivity index (χ2v) is 5.09. The third-order valence-corrected chi connectivity index (χ3v) is 3.19. The number of hydrogen-bond acceptors (Lipinski definition) is 4. The Kier molecular flexibility index (Phi) is 3.47. The van der Waals surface area contributed by atoms with Crippen molar-refractivity contribution in [2.75, 3.05) is 0 Å². The highest BCUT2D eigenvalue weighted by Crippen LogP contribution is 2.05. The molecule has 0 saturated heterocycles. The van der Waals surface area contributed by atoms with E-state index in [1.165, 1.54) is 0 Å². The smallest absolute Gasteiger partial charge is 0.155 e. The van der Waals surface area contributed by atoms with E-state index in [0.717, 1.165) is 30.0 Å². The van der Waals surface area contributed by atoms with Crippen molar-refractivity contribution >= 4 is 5.65 Å². The summed E-state index contributed by atoms with van der Waals surface area (Å²) in [4.78, 5) is 8.44. The van der Waals surface area contributed by atoms with Gasteiger partial charge in [0.25, 0.3) is 0 Å². The molecule has 0 aliphatic carbocycles. The molecule has 0 spiro atoms. The highest BCUT2D eigenvalue weighted by atomic mass is 15.2. The van der Waals surface area contributed by atoms with Crippen LogP contribution in [-0.2, 0) is 13.1 Å². The van der Waals surface area contributed by atoms with Crippen molar-refractivity contribution in [3.05, 3.63) is 48.4 Å². The van der Waals surface area contributed by atoms with E-state index in [4.69, 9.17) is 0 Å². The van der Waals surface area contributed by atoms with Gasteiger partial charge in [0, 0.05) is 55.5 Å². The van der Waals surface area contributed by atoms with Gasteiger partial charge in [0.15, 0.2) is 5.65 Å². The summed E-state index contributed by atoms with van der Waals surface area (Å²) in [6.07, 6.45) is 9.51. The maximum Gasteiger partial charge on any atom is 0.155 e. The summed E-state index contributed by atoms with van der Waals surface area (Å²) in [6, 6.07) is 2.33. The van der Waals surface area contributed by atoms with Gasteiger partial charge in [0.05, 0.1) is 12.0 Å². The molecule has 1 N–H and O–H groups in total. The Bertz CT molecular complexity index is 685. The normalized spacial score (nSPS) is 12.9. The fraction of sp³-hybridized carbons (Fsp3) is 0.357. The second-order valence-electron chi connectivity index (χ2n) is 5.09. The number of nitrogens with zero attached hydrogens (tertiary/aromatic N) is 5. The second kappa shape index (κ2) is 5.42. The summed E-state index contributed by atoms with van der Waals surface area (Å²) in [6.45, 7) is 5.80. The molecule has 0 bridgehead atoms. The number of aryl methyl sites for hydroxylation is 1. The summed E-state index contributed by atoms with van der Waals surface area (Å²) in [5, 5.41) is 7.85. The maximum atomic E-state index is 4.40. The molecule has 1 unspecified atom stereocenters. The molecule has 104 valence electrons. The van der Waals surface area contributed by atoms with Gasteiger partial charge >= 0.3 is 0 Å². The Morgan fingerprint density at radius 3 is 3.10 bits per heavy atom. The van der Waals surface area contributed by atoms with Gasteiger partial charge in [-0.15, -0.1) is 0 Å². The lowest BCUT2D eigenvalue weighted by atomic mass is 10.3. The first-order valence-corrected chi connectivity index (χ1v) is 6.71. The third-order valence-electron chi connectivity index (χ3n) is 3.19.